The fourth-order valence-corrected chi connectivity index (χ4v) is 1.89. The summed E-state index contributed by atoms with van der Waals surface area (Å²) in [5.74, 6) is -1.77. The average molecular weight is 267 g/mol. The standard InChI is InChI=1S/C9H12Cl2N2O3/c10-4-7(14)12-9(16)6-2-1-3-13(6)8(15)5-11/h6H,1-5H2,(H,12,14,16)/t6-/m0/s1. The molecule has 0 saturated carbocycles. The van der Waals surface area contributed by atoms with E-state index in [1.54, 1.807) is 0 Å². The average Bonchev–Trinajstić information content (AvgIpc) is 2.76. The minimum absolute atomic E-state index is 0.159. The molecule has 90 valence electrons. The number of carbonyl (C=O) groups excluding carboxylic acids is 3. The molecule has 1 heterocycles. The molecule has 0 bridgehead atoms. The van der Waals surface area contributed by atoms with Crippen LogP contribution in [0.5, 0.6) is 0 Å². The largest absolute Gasteiger partial charge is 0.330 e. The maximum atomic E-state index is 11.6. The first-order valence-corrected chi connectivity index (χ1v) is 5.92. The van der Waals surface area contributed by atoms with Crippen LogP contribution in [0.25, 0.3) is 0 Å². The summed E-state index contributed by atoms with van der Waals surface area (Å²) in [5.41, 5.74) is 0. The molecule has 1 aliphatic rings. The highest BCUT2D eigenvalue weighted by Gasteiger charge is 2.34. The van der Waals surface area contributed by atoms with Gasteiger partial charge >= 0.3 is 0 Å². The highest BCUT2D eigenvalue weighted by Crippen LogP contribution is 2.17. The van der Waals surface area contributed by atoms with E-state index in [2.05, 4.69) is 5.32 Å². The fraction of sp³-hybridized carbons (Fsp3) is 0.667. The van der Waals surface area contributed by atoms with E-state index in [0.29, 0.717) is 13.0 Å². The van der Waals surface area contributed by atoms with Crippen molar-refractivity contribution >= 4 is 40.9 Å². The smallest absolute Gasteiger partial charge is 0.249 e. The summed E-state index contributed by atoms with van der Waals surface area (Å²) in [5, 5.41) is 2.13. The van der Waals surface area contributed by atoms with Gasteiger partial charge in [-0.25, -0.2) is 0 Å². The summed E-state index contributed by atoms with van der Waals surface area (Å²) in [6, 6.07) is -0.599. The van der Waals surface area contributed by atoms with Crippen molar-refractivity contribution in [3.05, 3.63) is 0 Å². The fourth-order valence-electron chi connectivity index (χ4n) is 1.67. The molecule has 1 fully saturated rings. The van der Waals surface area contributed by atoms with Gasteiger partial charge in [0.2, 0.25) is 17.7 Å². The molecule has 1 atom stereocenters. The maximum absolute atomic E-state index is 11.6. The van der Waals surface area contributed by atoms with Crippen LogP contribution in [0, 0.1) is 0 Å². The van der Waals surface area contributed by atoms with Crippen LogP contribution >= 0.6 is 23.2 Å². The van der Waals surface area contributed by atoms with E-state index < -0.39 is 17.9 Å². The zero-order valence-electron chi connectivity index (χ0n) is 8.54. The van der Waals surface area contributed by atoms with Crippen LogP contribution in [0.15, 0.2) is 0 Å². The zero-order valence-corrected chi connectivity index (χ0v) is 10.1. The lowest BCUT2D eigenvalue weighted by Crippen LogP contribution is -2.48. The van der Waals surface area contributed by atoms with Crippen LogP contribution in [0.2, 0.25) is 0 Å². The van der Waals surface area contributed by atoms with Crippen molar-refractivity contribution in [3.8, 4) is 0 Å². The van der Waals surface area contributed by atoms with Crippen LogP contribution in [0.3, 0.4) is 0 Å². The van der Waals surface area contributed by atoms with Gasteiger partial charge in [-0.1, -0.05) is 0 Å². The Morgan fingerprint density at radius 2 is 1.94 bits per heavy atom. The van der Waals surface area contributed by atoms with Gasteiger partial charge in [0.15, 0.2) is 0 Å². The molecule has 1 rings (SSSR count). The first-order valence-electron chi connectivity index (χ1n) is 4.85. The second kappa shape index (κ2) is 6.06. The molecule has 16 heavy (non-hydrogen) atoms. The van der Waals surface area contributed by atoms with Crippen molar-refractivity contribution in [1.82, 2.24) is 10.2 Å². The van der Waals surface area contributed by atoms with E-state index in [1.807, 2.05) is 0 Å². The van der Waals surface area contributed by atoms with Crippen molar-refractivity contribution < 1.29 is 14.4 Å². The Bertz CT molecular complexity index is 309. The highest BCUT2D eigenvalue weighted by molar-refractivity contribution is 6.29. The van der Waals surface area contributed by atoms with E-state index in [-0.39, 0.29) is 17.7 Å². The quantitative estimate of drug-likeness (QED) is 0.737. The number of amides is 3. The van der Waals surface area contributed by atoms with Crippen molar-refractivity contribution in [2.24, 2.45) is 0 Å². The minimum atomic E-state index is -0.599. The molecule has 0 radical (unpaired) electrons. The van der Waals surface area contributed by atoms with E-state index in [9.17, 15) is 14.4 Å². The number of likely N-dealkylation sites (tertiary alicyclic amines) is 1. The van der Waals surface area contributed by atoms with Gasteiger partial charge in [0.1, 0.15) is 17.8 Å². The molecule has 5 nitrogen and oxygen atoms in total. The van der Waals surface area contributed by atoms with Crippen LogP contribution in [0.1, 0.15) is 12.8 Å². The third-order valence-corrected chi connectivity index (χ3v) is 2.85. The molecule has 0 aromatic heterocycles. The van der Waals surface area contributed by atoms with Crippen LogP contribution in [0.4, 0.5) is 0 Å². The van der Waals surface area contributed by atoms with Crippen molar-refractivity contribution in [2.75, 3.05) is 18.3 Å². The Kier molecular flexibility index (Phi) is 5.02. The summed E-state index contributed by atoms with van der Waals surface area (Å²) in [6.07, 6.45) is 1.28. The summed E-state index contributed by atoms with van der Waals surface area (Å²) >= 11 is 10.7. The van der Waals surface area contributed by atoms with E-state index in [0.717, 1.165) is 6.42 Å². The third kappa shape index (κ3) is 3.09. The molecular formula is C9H12Cl2N2O3. The Labute approximate surface area is 103 Å². The SMILES string of the molecule is O=C(CCl)NC(=O)[C@@H]1CCCN1C(=O)CCl. The number of nitrogens with zero attached hydrogens (tertiary/aromatic N) is 1. The normalized spacial score (nSPS) is 19.6. The Morgan fingerprint density at radius 3 is 2.50 bits per heavy atom. The molecule has 0 aromatic rings. The van der Waals surface area contributed by atoms with Crippen LogP contribution in [-0.2, 0) is 14.4 Å². The lowest BCUT2D eigenvalue weighted by Gasteiger charge is -2.22. The van der Waals surface area contributed by atoms with Gasteiger partial charge in [0.25, 0.3) is 0 Å². The third-order valence-electron chi connectivity index (χ3n) is 2.37. The van der Waals surface area contributed by atoms with Crippen molar-refractivity contribution in [2.45, 2.75) is 18.9 Å². The molecule has 0 aromatic carbocycles. The molecular weight excluding hydrogens is 255 g/mol. The monoisotopic (exact) mass is 266 g/mol. The Hall–Kier alpha value is -0.810. The topological polar surface area (TPSA) is 66.5 Å². The van der Waals surface area contributed by atoms with Crippen molar-refractivity contribution in [1.29, 1.82) is 0 Å². The van der Waals surface area contributed by atoms with Crippen molar-refractivity contribution in [3.63, 3.8) is 0 Å². The Morgan fingerprint density at radius 1 is 1.25 bits per heavy atom. The van der Waals surface area contributed by atoms with E-state index in [1.165, 1.54) is 4.90 Å². The van der Waals surface area contributed by atoms with Gasteiger partial charge in [0.05, 0.1) is 0 Å². The van der Waals surface area contributed by atoms with Gasteiger partial charge in [-0.2, -0.15) is 0 Å². The van der Waals surface area contributed by atoms with Crippen LogP contribution in [-0.4, -0.2) is 47.0 Å². The number of imide groups is 1. The summed E-state index contributed by atoms with van der Waals surface area (Å²) in [7, 11) is 0. The summed E-state index contributed by atoms with van der Waals surface area (Å²) < 4.78 is 0. The second-order valence-electron chi connectivity index (χ2n) is 3.42. The first-order chi connectivity index (χ1) is 7.60. The molecule has 0 spiro atoms. The molecule has 7 heteroatoms. The molecule has 1 saturated heterocycles. The predicted octanol–water partition coefficient (Wildman–Crippen LogP) is 0.0978. The lowest BCUT2D eigenvalue weighted by atomic mass is 10.2. The molecule has 1 N–H and O–H groups in total. The molecule has 0 aliphatic carbocycles. The van der Waals surface area contributed by atoms with E-state index in [4.69, 9.17) is 23.2 Å². The van der Waals surface area contributed by atoms with Gasteiger partial charge in [0, 0.05) is 6.54 Å². The molecule has 0 unspecified atom stereocenters. The number of nitrogens with one attached hydrogen (secondary N) is 1. The first kappa shape index (κ1) is 13.3. The number of halogens is 2. The van der Waals surface area contributed by atoms with Gasteiger partial charge in [-0.15, -0.1) is 23.2 Å². The minimum Gasteiger partial charge on any atom is -0.330 e. The second-order valence-corrected chi connectivity index (χ2v) is 3.96. The van der Waals surface area contributed by atoms with Crippen LogP contribution < -0.4 is 5.32 Å². The number of hydrogen-bond acceptors (Lipinski definition) is 3. The number of hydrogen-bond donors (Lipinski definition) is 1. The number of rotatable bonds is 3. The number of alkyl halides is 2. The molecule has 1 aliphatic heterocycles. The summed E-state index contributed by atoms with van der Waals surface area (Å²) in [4.78, 5) is 35.3. The van der Waals surface area contributed by atoms with Gasteiger partial charge < -0.3 is 4.90 Å². The lowest BCUT2D eigenvalue weighted by molar-refractivity contribution is -0.139. The van der Waals surface area contributed by atoms with Gasteiger partial charge in [-0.3, -0.25) is 19.7 Å². The zero-order chi connectivity index (χ0) is 12.1. The van der Waals surface area contributed by atoms with E-state index >= 15 is 0 Å². The molecule has 3 amide bonds. The predicted molar refractivity (Wildman–Crippen MR) is 59.3 cm³/mol. The highest BCUT2D eigenvalue weighted by atomic mass is 35.5. The maximum Gasteiger partial charge on any atom is 0.249 e. The van der Waals surface area contributed by atoms with Gasteiger partial charge in [-0.05, 0) is 12.8 Å². The summed E-state index contributed by atoms with van der Waals surface area (Å²) in [6.45, 7) is 0.499. The Balaban J connectivity index is 2.61. The number of carbonyl (C=O) groups is 3.